The maximum absolute atomic E-state index is 12.4. The van der Waals surface area contributed by atoms with Gasteiger partial charge in [-0.15, -0.1) is 0 Å². The molecule has 24 heavy (non-hydrogen) atoms. The summed E-state index contributed by atoms with van der Waals surface area (Å²) < 4.78 is 5.75. The maximum Gasteiger partial charge on any atom is 0.251 e. The van der Waals surface area contributed by atoms with Crippen molar-refractivity contribution in [3.8, 4) is 0 Å². The molecular formula is C20H25NO2S. The van der Waals surface area contributed by atoms with Crippen LogP contribution in [0.3, 0.4) is 0 Å². The molecule has 4 heteroatoms. The van der Waals surface area contributed by atoms with Gasteiger partial charge in [-0.3, -0.25) is 4.79 Å². The van der Waals surface area contributed by atoms with E-state index in [1.54, 1.807) is 11.8 Å². The summed E-state index contributed by atoms with van der Waals surface area (Å²) in [7, 11) is 0. The zero-order valence-electron chi connectivity index (χ0n) is 14.5. The first-order valence-corrected chi connectivity index (χ1v) is 9.41. The van der Waals surface area contributed by atoms with Crippen molar-refractivity contribution in [1.82, 2.24) is 5.32 Å². The number of ether oxygens (including phenoxy) is 1. The number of amides is 1. The Labute approximate surface area is 148 Å². The third-order valence-electron chi connectivity index (χ3n) is 3.55. The predicted octanol–water partition coefficient (Wildman–Crippen LogP) is 4.27. The molecular weight excluding hydrogens is 318 g/mol. The van der Waals surface area contributed by atoms with Crippen molar-refractivity contribution in [1.29, 1.82) is 0 Å². The van der Waals surface area contributed by atoms with E-state index >= 15 is 0 Å². The smallest absolute Gasteiger partial charge is 0.251 e. The molecule has 0 heterocycles. The van der Waals surface area contributed by atoms with Crippen molar-refractivity contribution in [2.75, 3.05) is 12.9 Å². The lowest BCUT2D eigenvalue weighted by atomic mass is 10.1. The highest BCUT2D eigenvalue weighted by molar-refractivity contribution is 7.97. The van der Waals surface area contributed by atoms with E-state index in [1.165, 1.54) is 5.56 Å². The molecule has 2 aromatic rings. The molecule has 0 aliphatic heterocycles. The third kappa shape index (κ3) is 6.02. The standard InChI is InChI=1S/C20H25NO2S/c1-20(2,15-23-13-16-7-5-4-6-8-16)21-19(22)18-11-9-17(10-12-18)14-24-3/h4-12H,13-15H2,1-3H3,(H,21,22). The fraction of sp³-hybridized carbons (Fsp3) is 0.350. The van der Waals surface area contributed by atoms with E-state index in [2.05, 4.69) is 11.6 Å². The Morgan fingerprint density at radius 2 is 1.71 bits per heavy atom. The number of thioether (sulfide) groups is 1. The van der Waals surface area contributed by atoms with Gasteiger partial charge in [-0.1, -0.05) is 42.5 Å². The second-order valence-corrected chi connectivity index (χ2v) is 7.31. The molecule has 1 amide bonds. The van der Waals surface area contributed by atoms with E-state index in [0.717, 1.165) is 11.3 Å². The Morgan fingerprint density at radius 3 is 2.33 bits per heavy atom. The van der Waals surface area contributed by atoms with Crippen LogP contribution < -0.4 is 5.32 Å². The molecule has 0 aliphatic rings. The van der Waals surface area contributed by atoms with Crippen LogP contribution in [0.4, 0.5) is 0 Å². The molecule has 0 aromatic heterocycles. The average molecular weight is 343 g/mol. The van der Waals surface area contributed by atoms with Crippen LogP contribution in [0.15, 0.2) is 54.6 Å². The fourth-order valence-corrected chi connectivity index (χ4v) is 2.86. The van der Waals surface area contributed by atoms with Crippen LogP contribution in [-0.2, 0) is 17.1 Å². The molecule has 0 radical (unpaired) electrons. The number of carbonyl (C=O) groups is 1. The predicted molar refractivity (Wildman–Crippen MR) is 101 cm³/mol. The summed E-state index contributed by atoms with van der Waals surface area (Å²) >= 11 is 1.77. The minimum Gasteiger partial charge on any atom is -0.374 e. The van der Waals surface area contributed by atoms with Crippen LogP contribution in [0.25, 0.3) is 0 Å². The maximum atomic E-state index is 12.4. The molecule has 0 saturated heterocycles. The Morgan fingerprint density at radius 1 is 1.04 bits per heavy atom. The molecule has 128 valence electrons. The van der Waals surface area contributed by atoms with Gasteiger partial charge in [0.1, 0.15) is 0 Å². The van der Waals surface area contributed by atoms with Crippen molar-refractivity contribution in [3.05, 3.63) is 71.3 Å². The normalized spacial score (nSPS) is 11.3. The summed E-state index contributed by atoms with van der Waals surface area (Å²) in [5.74, 6) is 0.889. The van der Waals surface area contributed by atoms with E-state index in [9.17, 15) is 4.79 Å². The molecule has 1 N–H and O–H groups in total. The van der Waals surface area contributed by atoms with Crippen molar-refractivity contribution < 1.29 is 9.53 Å². The van der Waals surface area contributed by atoms with E-state index in [1.807, 2.05) is 68.4 Å². The number of hydrogen-bond donors (Lipinski definition) is 1. The fourth-order valence-electron chi connectivity index (χ4n) is 2.33. The van der Waals surface area contributed by atoms with Gasteiger partial charge in [0.05, 0.1) is 18.8 Å². The molecule has 0 atom stereocenters. The minimum absolute atomic E-state index is 0.0704. The van der Waals surface area contributed by atoms with Gasteiger partial charge < -0.3 is 10.1 Å². The van der Waals surface area contributed by atoms with E-state index in [4.69, 9.17) is 4.74 Å². The second-order valence-electron chi connectivity index (χ2n) is 6.45. The van der Waals surface area contributed by atoms with Gasteiger partial charge in [0.25, 0.3) is 5.91 Å². The number of rotatable bonds is 8. The van der Waals surface area contributed by atoms with Crippen molar-refractivity contribution in [3.63, 3.8) is 0 Å². The second kappa shape index (κ2) is 8.90. The third-order valence-corrected chi connectivity index (χ3v) is 4.18. The van der Waals surface area contributed by atoms with E-state index in [0.29, 0.717) is 18.8 Å². The van der Waals surface area contributed by atoms with Crippen LogP contribution in [0.2, 0.25) is 0 Å². The highest BCUT2D eigenvalue weighted by Gasteiger charge is 2.21. The summed E-state index contributed by atoms with van der Waals surface area (Å²) in [6.45, 7) is 4.94. The molecule has 3 nitrogen and oxygen atoms in total. The summed E-state index contributed by atoms with van der Waals surface area (Å²) in [4.78, 5) is 12.4. The zero-order valence-corrected chi connectivity index (χ0v) is 15.4. The van der Waals surface area contributed by atoms with Gasteiger partial charge in [-0.25, -0.2) is 0 Å². The van der Waals surface area contributed by atoms with Gasteiger partial charge in [0.2, 0.25) is 0 Å². The molecule has 0 saturated carbocycles. The average Bonchev–Trinajstić information content (AvgIpc) is 2.56. The lowest BCUT2D eigenvalue weighted by Gasteiger charge is -2.26. The van der Waals surface area contributed by atoms with Gasteiger partial charge in [-0.05, 0) is 43.4 Å². The highest BCUT2D eigenvalue weighted by Crippen LogP contribution is 2.12. The zero-order chi connectivity index (χ0) is 17.4. The summed E-state index contributed by atoms with van der Waals surface area (Å²) in [6.07, 6.45) is 2.07. The molecule has 0 bridgehead atoms. The van der Waals surface area contributed by atoms with Crippen molar-refractivity contribution in [2.45, 2.75) is 31.7 Å². The summed E-state index contributed by atoms with van der Waals surface area (Å²) in [6, 6.07) is 17.8. The Hall–Kier alpha value is -1.78. The Balaban J connectivity index is 1.84. The van der Waals surface area contributed by atoms with Gasteiger partial charge in [-0.2, -0.15) is 11.8 Å². The minimum atomic E-state index is -0.427. The SMILES string of the molecule is CSCc1ccc(C(=O)NC(C)(C)COCc2ccccc2)cc1. The van der Waals surface area contributed by atoms with Crippen molar-refractivity contribution in [2.24, 2.45) is 0 Å². The Bertz CT molecular complexity index is 638. The Kier molecular flexibility index (Phi) is 6.88. The van der Waals surface area contributed by atoms with Gasteiger partial charge in [0, 0.05) is 11.3 Å². The molecule has 0 spiro atoms. The number of benzene rings is 2. The molecule has 2 rings (SSSR count). The first-order valence-electron chi connectivity index (χ1n) is 8.02. The number of hydrogen-bond acceptors (Lipinski definition) is 3. The molecule has 2 aromatic carbocycles. The lowest BCUT2D eigenvalue weighted by molar-refractivity contribution is 0.0617. The highest BCUT2D eigenvalue weighted by atomic mass is 32.2. The molecule has 0 unspecified atom stereocenters. The first-order chi connectivity index (χ1) is 11.5. The summed E-state index contributed by atoms with van der Waals surface area (Å²) in [5, 5.41) is 3.04. The van der Waals surface area contributed by atoms with Crippen LogP contribution in [0.1, 0.15) is 35.3 Å². The van der Waals surface area contributed by atoms with Crippen LogP contribution in [0.5, 0.6) is 0 Å². The topological polar surface area (TPSA) is 38.3 Å². The largest absolute Gasteiger partial charge is 0.374 e. The quantitative estimate of drug-likeness (QED) is 0.778. The van der Waals surface area contributed by atoms with E-state index < -0.39 is 5.54 Å². The number of nitrogens with one attached hydrogen (secondary N) is 1. The van der Waals surface area contributed by atoms with Crippen LogP contribution in [-0.4, -0.2) is 24.3 Å². The molecule has 0 aliphatic carbocycles. The summed E-state index contributed by atoms with van der Waals surface area (Å²) in [5.41, 5.74) is 2.61. The van der Waals surface area contributed by atoms with Crippen molar-refractivity contribution >= 4 is 17.7 Å². The number of carbonyl (C=O) groups excluding carboxylic acids is 1. The van der Waals surface area contributed by atoms with E-state index in [-0.39, 0.29) is 5.91 Å². The van der Waals surface area contributed by atoms with Crippen LogP contribution >= 0.6 is 11.8 Å². The van der Waals surface area contributed by atoms with Gasteiger partial charge in [0.15, 0.2) is 0 Å². The lowest BCUT2D eigenvalue weighted by Crippen LogP contribution is -2.47. The molecule has 0 fully saturated rings. The first kappa shape index (κ1) is 18.6. The van der Waals surface area contributed by atoms with Gasteiger partial charge >= 0.3 is 0 Å². The van der Waals surface area contributed by atoms with Crippen LogP contribution in [0, 0.1) is 0 Å². The monoisotopic (exact) mass is 343 g/mol.